The molecule has 1 saturated heterocycles. The molecule has 0 radical (unpaired) electrons. The predicted octanol–water partition coefficient (Wildman–Crippen LogP) is 1.68. The largest absolute Gasteiger partial charge is 0.507 e. The quantitative estimate of drug-likeness (QED) is 0.858. The van der Waals surface area contributed by atoms with Crippen molar-refractivity contribution in [2.75, 3.05) is 19.7 Å². The Morgan fingerprint density at radius 1 is 1.35 bits per heavy atom. The van der Waals surface area contributed by atoms with Crippen molar-refractivity contribution in [3.05, 3.63) is 28.8 Å². The third-order valence-electron chi connectivity index (χ3n) is 3.62. The third-order valence-corrected chi connectivity index (χ3v) is 3.62. The van der Waals surface area contributed by atoms with E-state index in [1.807, 2.05) is 32.9 Å². The fourth-order valence-corrected chi connectivity index (χ4v) is 2.73. The van der Waals surface area contributed by atoms with Gasteiger partial charge in [-0.3, -0.25) is 4.90 Å². The van der Waals surface area contributed by atoms with Crippen LogP contribution in [-0.4, -0.2) is 46.4 Å². The van der Waals surface area contributed by atoms with Crippen LogP contribution in [0.25, 0.3) is 0 Å². The van der Waals surface area contributed by atoms with Gasteiger partial charge in [-0.05, 0) is 37.5 Å². The molecule has 0 atom stereocenters. The molecule has 1 heterocycles. The number of aliphatic carboxylic acids is 1. The fraction of sp³-hybridized carbons (Fsp3) is 0.533. The number of nitrogens with zero attached hydrogens (tertiary/aromatic N) is 1. The van der Waals surface area contributed by atoms with Crippen molar-refractivity contribution in [2.45, 2.75) is 32.9 Å². The maximum Gasteiger partial charge on any atom is 0.329 e. The molecule has 20 heavy (non-hydrogen) atoms. The first-order valence-corrected chi connectivity index (χ1v) is 6.66. The van der Waals surface area contributed by atoms with Crippen molar-refractivity contribution in [1.29, 1.82) is 0 Å². The Morgan fingerprint density at radius 3 is 2.40 bits per heavy atom. The second-order valence-corrected chi connectivity index (χ2v) is 5.86. The molecule has 0 aliphatic carbocycles. The Morgan fingerprint density at radius 2 is 1.90 bits per heavy atom. The van der Waals surface area contributed by atoms with Gasteiger partial charge in [-0.15, -0.1) is 0 Å². The van der Waals surface area contributed by atoms with E-state index >= 15 is 0 Å². The Hall–Kier alpha value is -1.59. The molecule has 110 valence electrons. The number of hydrogen-bond acceptors (Lipinski definition) is 4. The molecule has 0 saturated carbocycles. The molecule has 1 aromatic rings. The Kier molecular flexibility index (Phi) is 4.01. The number of carboxylic acid groups (broad SMARTS) is 1. The first-order valence-electron chi connectivity index (χ1n) is 6.66. The van der Waals surface area contributed by atoms with E-state index in [1.54, 1.807) is 0 Å². The number of ether oxygens (including phenoxy) is 1. The second kappa shape index (κ2) is 5.42. The zero-order valence-electron chi connectivity index (χ0n) is 12.1. The predicted molar refractivity (Wildman–Crippen MR) is 74.9 cm³/mol. The minimum Gasteiger partial charge on any atom is -0.507 e. The topological polar surface area (TPSA) is 70.0 Å². The molecular formula is C15H21NO4. The van der Waals surface area contributed by atoms with Gasteiger partial charge in [0.2, 0.25) is 0 Å². The van der Waals surface area contributed by atoms with Crippen LogP contribution in [-0.2, 0) is 16.1 Å². The standard InChI is InChI=1S/C15H21NO4/c1-10-4-12(5-11(2)14(10)19)6-16-8-15(3,9-16)20-7-13(17)18/h4-5,19H,6-9H2,1-3H3,(H,17,18). The summed E-state index contributed by atoms with van der Waals surface area (Å²) in [6.07, 6.45) is 0. The number of hydrogen-bond donors (Lipinski definition) is 2. The molecule has 0 bridgehead atoms. The first-order chi connectivity index (χ1) is 9.29. The van der Waals surface area contributed by atoms with Gasteiger partial charge in [0.05, 0.1) is 5.60 Å². The summed E-state index contributed by atoms with van der Waals surface area (Å²) in [5.41, 5.74) is 2.55. The highest BCUT2D eigenvalue weighted by atomic mass is 16.5. The molecule has 5 nitrogen and oxygen atoms in total. The smallest absolute Gasteiger partial charge is 0.329 e. The molecule has 2 N–H and O–H groups in total. The number of likely N-dealkylation sites (tertiary alicyclic amines) is 1. The van der Waals surface area contributed by atoms with Crippen molar-refractivity contribution < 1.29 is 19.7 Å². The summed E-state index contributed by atoms with van der Waals surface area (Å²) < 4.78 is 5.38. The number of phenolic OH excluding ortho intramolecular Hbond substituents is 1. The van der Waals surface area contributed by atoms with E-state index in [2.05, 4.69) is 4.90 Å². The van der Waals surface area contributed by atoms with Gasteiger partial charge in [-0.2, -0.15) is 0 Å². The zero-order chi connectivity index (χ0) is 14.9. The van der Waals surface area contributed by atoms with Crippen molar-refractivity contribution in [3.63, 3.8) is 0 Å². The molecule has 0 amide bonds. The number of benzene rings is 1. The lowest BCUT2D eigenvalue weighted by Gasteiger charge is -2.47. The van der Waals surface area contributed by atoms with Crippen LogP contribution in [0.15, 0.2) is 12.1 Å². The van der Waals surface area contributed by atoms with Crippen LogP contribution in [0.4, 0.5) is 0 Å². The van der Waals surface area contributed by atoms with Crippen LogP contribution < -0.4 is 0 Å². The van der Waals surface area contributed by atoms with Gasteiger partial charge in [-0.1, -0.05) is 12.1 Å². The van der Waals surface area contributed by atoms with Gasteiger partial charge in [0.15, 0.2) is 0 Å². The number of rotatable bonds is 5. The summed E-state index contributed by atoms with van der Waals surface area (Å²) in [7, 11) is 0. The van der Waals surface area contributed by atoms with Gasteiger partial charge in [-0.25, -0.2) is 4.79 Å². The number of carboxylic acids is 1. The number of aryl methyl sites for hydroxylation is 2. The molecule has 0 aromatic heterocycles. The van der Waals surface area contributed by atoms with Gasteiger partial charge in [0.1, 0.15) is 12.4 Å². The van der Waals surface area contributed by atoms with Gasteiger partial charge in [0.25, 0.3) is 0 Å². The average molecular weight is 279 g/mol. The number of aromatic hydroxyl groups is 1. The second-order valence-electron chi connectivity index (χ2n) is 5.86. The van der Waals surface area contributed by atoms with Gasteiger partial charge >= 0.3 is 5.97 Å². The lowest BCUT2D eigenvalue weighted by atomic mass is 9.95. The van der Waals surface area contributed by atoms with Crippen molar-refractivity contribution in [3.8, 4) is 5.75 Å². The van der Waals surface area contributed by atoms with E-state index < -0.39 is 5.97 Å². The van der Waals surface area contributed by atoms with Crippen LogP contribution in [0.2, 0.25) is 0 Å². The molecule has 0 unspecified atom stereocenters. The van der Waals surface area contributed by atoms with E-state index in [0.717, 1.165) is 36.3 Å². The van der Waals surface area contributed by atoms with Crippen molar-refractivity contribution in [1.82, 2.24) is 4.90 Å². The highest BCUT2D eigenvalue weighted by Gasteiger charge is 2.39. The van der Waals surface area contributed by atoms with E-state index in [0.29, 0.717) is 5.75 Å². The van der Waals surface area contributed by atoms with Crippen molar-refractivity contribution >= 4 is 5.97 Å². The van der Waals surface area contributed by atoms with Crippen molar-refractivity contribution in [2.24, 2.45) is 0 Å². The number of carbonyl (C=O) groups is 1. The molecule has 0 spiro atoms. The van der Waals surface area contributed by atoms with Crippen LogP contribution in [0.3, 0.4) is 0 Å². The Bertz CT molecular complexity index is 498. The average Bonchev–Trinajstić information content (AvgIpc) is 2.31. The summed E-state index contributed by atoms with van der Waals surface area (Å²) in [5, 5.41) is 18.4. The molecule has 1 aliphatic rings. The summed E-state index contributed by atoms with van der Waals surface area (Å²) in [6.45, 7) is 7.69. The minimum atomic E-state index is -0.936. The molecular weight excluding hydrogens is 258 g/mol. The zero-order valence-corrected chi connectivity index (χ0v) is 12.1. The monoisotopic (exact) mass is 279 g/mol. The normalized spacial score (nSPS) is 17.8. The van der Waals surface area contributed by atoms with Crippen LogP contribution in [0.5, 0.6) is 5.75 Å². The molecule has 1 aromatic carbocycles. The third kappa shape index (κ3) is 3.29. The van der Waals surface area contributed by atoms with Crippen LogP contribution >= 0.6 is 0 Å². The molecule has 1 fully saturated rings. The summed E-state index contributed by atoms with van der Waals surface area (Å²) >= 11 is 0. The number of phenols is 1. The fourth-order valence-electron chi connectivity index (χ4n) is 2.73. The van der Waals surface area contributed by atoms with Crippen LogP contribution in [0, 0.1) is 13.8 Å². The molecule has 1 aliphatic heterocycles. The summed E-state index contributed by atoms with van der Waals surface area (Å²) in [5.74, 6) is -0.582. The SMILES string of the molecule is Cc1cc(CN2CC(C)(OCC(=O)O)C2)cc(C)c1O. The molecule has 2 rings (SSSR count). The van der Waals surface area contributed by atoms with E-state index in [-0.39, 0.29) is 12.2 Å². The maximum absolute atomic E-state index is 10.5. The molecule has 5 heteroatoms. The van der Waals surface area contributed by atoms with E-state index in [9.17, 15) is 9.90 Å². The lowest BCUT2D eigenvalue weighted by Crippen LogP contribution is -2.61. The highest BCUT2D eigenvalue weighted by Crippen LogP contribution is 2.28. The van der Waals surface area contributed by atoms with E-state index in [1.165, 1.54) is 0 Å². The summed E-state index contributed by atoms with van der Waals surface area (Å²) in [4.78, 5) is 12.7. The first kappa shape index (κ1) is 14.8. The lowest BCUT2D eigenvalue weighted by molar-refractivity contribution is -0.165. The van der Waals surface area contributed by atoms with E-state index in [4.69, 9.17) is 9.84 Å². The Labute approximate surface area is 118 Å². The highest BCUT2D eigenvalue weighted by molar-refractivity contribution is 5.68. The van der Waals surface area contributed by atoms with Crippen LogP contribution in [0.1, 0.15) is 23.6 Å². The Balaban J connectivity index is 1.90. The van der Waals surface area contributed by atoms with Gasteiger partial charge in [0, 0.05) is 19.6 Å². The van der Waals surface area contributed by atoms with Gasteiger partial charge < -0.3 is 14.9 Å². The summed E-state index contributed by atoms with van der Waals surface area (Å²) in [6, 6.07) is 3.96. The minimum absolute atomic E-state index is 0.248. The maximum atomic E-state index is 10.5.